The van der Waals surface area contributed by atoms with Gasteiger partial charge < -0.3 is 9.88 Å². The van der Waals surface area contributed by atoms with Crippen LogP contribution < -0.4 is 5.32 Å². The number of nitriles is 1. The van der Waals surface area contributed by atoms with Gasteiger partial charge in [0, 0.05) is 19.3 Å². The predicted molar refractivity (Wildman–Crippen MR) is 77.9 cm³/mol. The van der Waals surface area contributed by atoms with Crippen LogP contribution in [0.4, 0.5) is 5.69 Å². The maximum absolute atomic E-state index is 9.08. The van der Waals surface area contributed by atoms with E-state index in [0.29, 0.717) is 12.5 Å². The number of rotatable bonds is 4. The molecule has 4 nitrogen and oxygen atoms in total. The predicted octanol–water partition coefficient (Wildman–Crippen LogP) is 3.09. The van der Waals surface area contributed by atoms with Crippen LogP contribution in [0.2, 0.25) is 0 Å². The molecule has 1 unspecified atom stereocenters. The van der Waals surface area contributed by atoms with Gasteiger partial charge in [-0.25, -0.2) is 4.98 Å². The minimum atomic E-state index is 0.0289. The highest BCUT2D eigenvalue weighted by atomic mass is 15.0. The van der Waals surface area contributed by atoms with Crippen molar-refractivity contribution in [3.63, 3.8) is 0 Å². The molecule has 0 saturated heterocycles. The zero-order valence-electron chi connectivity index (χ0n) is 11.9. The summed E-state index contributed by atoms with van der Waals surface area (Å²) in [7, 11) is 2.02. The molecule has 0 spiro atoms. The van der Waals surface area contributed by atoms with Gasteiger partial charge in [0.15, 0.2) is 0 Å². The topological polar surface area (TPSA) is 53.6 Å². The van der Waals surface area contributed by atoms with E-state index in [2.05, 4.69) is 40.9 Å². The fraction of sp³-hybridized carbons (Fsp3) is 0.467. The van der Waals surface area contributed by atoms with Crippen molar-refractivity contribution in [2.75, 3.05) is 11.9 Å². The van der Waals surface area contributed by atoms with Crippen molar-refractivity contribution in [2.24, 2.45) is 18.9 Å². The van der Waals surface area contributed by atoms with Crippen molar-refractivity contribution in [2.45, 2.75) is 20.8 Å². The van der Waals surface area contributed by atoms with Gasteiger partial charge >= 0.3 is 0 Å². The van der Waals surface area contributed by atoms with E-state index in [4.69, 9.17) is 5.26 Å². The molecule has 0 bridgehead atoms. The molecule has 0 radical (unpaired) electrons. The Bertz CT molecular complexity index is 619. The van der Waals surface area contributed by atoms with Crippen LogP contribution in [-0.4, -0.2) is 16.1 Å². The lowest BCUT2D eigenvalue weighted by atomic mass is 9.97. The lowest BCUT2D eigenvalue weighted by Gasteiger charge is -2.14. The summed E-state index contributed by atoms with van der Waals surface area (Å²) in [4.78, 5) is 4.51. The van der Waals surface area contributed by atoms with Crippen molar-refractivity contribution < 1.29 is 0 Å². The molecule has 0 fully saturated rings. The van der Waals surface area contributed by atoms with Crippen molar-refractivity contribution in [3.8, 4) is 6.07 Å². The number of nitrogens with zero attached hydrogens (tertiary/aromatic N) is 3. The number of benzene rings is 1. The quantitative estimate of drug-likeness (QED) is 0.914. The summed E-state index contributed by atoms with van der Waals surface area (Å²) in [5, 5.41) is 12.4. The first kappa shape index (κ1) is 13.4. The Kier molecular flexibility index (Phi) is 3.75. The molecule has 4 heteroatoms. The summed E-state index contributed by atoms with van der Waals surface area (Å²) in [5.74, 6) is 1.39. The van der Waals surface area contributed by atoms with Crippen LogP contribution in [-0.2, 0) is 7.05 Å². The summed E-state index contributed by atoms with van der Waals surface area (Å²) in [6.07, 6.45) is 0. The van der Waals surface area contributed by atoms with Crippen LogP contribution in [0.25, 0.3) is 11.0 Å². The second kappa shape index (κ2) is 5.31. The van der Waals surface area contributed by atoms with E-state index >= 15 is 0 Å². The molecule has 1 atom stereocenters. The molecule has 0 saturated carbocycles. The molecule has 0 amide bonds. The molecular weight excluding hydrogens is 236 g/mol. The molecule has 2 aromatic rings. The Balaban J connectivity index is 2.16. The van der Waals surface area contributed by atoms with Gasteiger partial charge in [0.1, 0.15) is 5.82 Å². The summed E-state index contributed by atoms with van der Waals surface area (Å²) in [6, 6.07) is 8.48. The van der Waals surface area contributed by atoms with E-state index in [0.717, 1.165) is 22.5 Å². The van der Waals surface area contributed by atoms with Crippen molar-refractivity contribution in [1.29, 1.82) is 5.26 Å². The maximum Gasteiger partial charge on any atom is 0.106 e. The van der Waals surface area contributed by atoms with Gasteiger partial charge in [-0.3, -0.25) is 0 Å². The molecule has 19 heavy (non-hydrogen) atoms. The van der Waals surface area contributed by atoms with E-state index in [1.54, 1.807) is 0 Å². The van der Waals surface area contributed by atoms with Crippen LogP contribution in [0.5, 0.6) is 0 Å². The minimum Gasteiger partial charge on any atom is -0.384 e. The third-order valence-electron chi connectivity index (χ3n) is 3.60. The Morgan fingerprint density at radius 2 is 2.16 bits per heavy atom. The number of nitrogens with one attached hydrogen (secondary N) is 1. The van der Waals surface area contributed by atoms with E-state index in [1.165, 1.54) is 0 Å². The second-order valence-electron chi connectivity index (χ2n) is 5.28. The van der Waals surface area contributed by atoms with Crippen LogP contribution in [0.3, 0.4) is 0 Å². The molecule has 2 rings (SSSR count). The average Bonchev–Trinajstić information content (AvgIpc) is 2.65. The fourth-order valence-electron chi connectivity index (χ4n) is 2.09. The van der Waals surface area contributed by atoms with Gasteiger partial charge in [-0.1, -0.05) is 13.8 Å². The van der Waals surface area contributed by atoms with Crippen LogP contribution in [0, 0.1) is 30.1 Å². The standard InChI is InChI=1S/C15H20N4/c1-10(2)12(8-16)9-17-13-5-6-15-14(7-13)18-11(3)19(15)4/h5-7,10,12,17H,9H2,1-4H3. The van der Waals surface area contributed by atoms with E-state index in [9.17, 15) is 0 Å². The summed E-state index contributed by atoms with van der Waals surface area (Å²) in [6.45, 7) is 6.81. The van der Waals surface area contributed by atoms with Crippen molar-refractivity contribution in [3.05, 3.63) is 24.0 Å². The molecule has 0 aliphatic rings. The van der Waals surface area contributed by atoms with Gasteiger partial charge in [-0.15, -0.1) is 0 Å². The number of aryl methyl sites for hydroxylation is 2. The number of fused-ring (bicyclic) bond motifs is 1. The van der Waals surface area contributed by atoms with Crippen LogP contribution in [0.1, 0.15) is 19.7 Å². The molecule has 1 aromatic heterocycles. The first-order chi connectivity index (χ1) is 9.02. The van der Waals surface area contributed by atoms with Gasteiger partial charge in [0.25, 0.3) is 0 Å². The number of anilines is 1. The van der Waals surface area contributed by atoms with Crippen molar-refractivity contribution in [1.82, 2.24) is 9.55 Å². The van der Waals surface area contributed by atoms with Gasteiger partial charge in [-0.05, 0) is 31.0 Å². The van der Waals surface area contributed by atoms with Crippen molar-refractivity contribution >= 4 is 16.7 Å². The SMILES string of the molecule is Cc1nc2cc(NCC(C#N)C(C)C)ccc2n1C. The van der Waals surface area contributed by atoms with Crippen LogP contribution in [0.15, 0.2) is 18.2 Å². The highest BCUT2D eigenvalue weighted by Gasteiger charge is 2.12. The Labute approximate surface area is 114 Å². The van der Waals surface area contributed by atoms with E-state index in [1.807, 2.05) is 26.1 Å². The fourth-order valence-corrected chi connectivity index (χ4v) is 2.09. The highest BCUT2D eigenvalue weighted by molar-refractivity contribution is 5.80. The lowest BCUT2D eigenvalue weighted by Crippen LogP contribution is -2.17. The normalized spacial score (nSPS) is 12.6. The molecule has 1 aromatic carbocycles. The zero-order chi connectivity index (χ0) is 14.0. The summed E-state index contributed by atoms with van der Waals surface area (Å²) in [5.41, 5.74) is 3.14. The summed E-state index contributed by atoms with van der Waals surface area (Å²) >= 11 is 0. The second-order valence-corrected chi connectivity index (χ2v) is 5.28. The molecule has 0 aliphatic heterocycles. The Morgan fingerprint density at radius 3 is 2.79 bits per heavy atom. The minimum absolute atomic E-state index is 0.0289. The number of aromatic nitrogens is 2. The zero-order valence-corrected chi connectivity index (χ0v) is 11.9. The van der Waals surface area contributed by atoms with E-state index in [-0.39, 0.29) is 5.92 Å². The first-order valence-electron chi connectivity index (χ1n) is 6.59. The molecular formula is C15H20N4. The Hall–Kier alpha value is -2.02. The monoisotopic (exact) mass is 256 g/mol. The average molecular weight is 256 g/mol. The molecule has 1 heterocycles. The van der Waals surface area contributed by atoms with E-state index < -0.39 is 0 Å². The molecule has 100 valence electrons. The lowest BCUT2D eigenvalue weighted by molar-refractivity contribution is 0.496. The number of hydrogen-bond donors (Lipinski definition) is 1. The summed E-state index contributed by atoms with van der Waals surface area (Å²) < 4.78 is 2.07. The smallest absolute Gasteiger partial charge is 0.106 e. The van der Waals surface area contributed by atoms with Gasteiger partial charge in [0.2, 0.25) is 0 Å². The largest absolute Gasteiger partial charge is 0.384 e. The first-order valence-corrected chi connectivity index (χ1v) is 6.59. The molecule has 0 aliphatic carbocycles. The maximum atomic E-state index is 9.08. The number of imidazole rings is 1. The van der Waals surface area contributed by atoms with Gasteiger partial charge in [-0.2, -0.15) is 5.26 Å². The molecule has 1 N–H and O–H groups in total. The number of hydrogen-bond acceptors (Lipinski definition) is 3. The van der Waals surface area contributed by atoms with Crippen LogP contribution >= 0.6 is 0 Å². The highest BCUT2D eigenvalue weighted by Crippen LogP contribution is 2.20. The van der Waals surface area contributed by atoms with Gasteiger partial charge in [0.05, 0.1) is 23.0 Å². The third-order valence-corrected chi connectivity index (χ3v) is 3.60. The Morgan fingerprint density at radius 1 is 1.42 bits per heavy atom. The third kappa shape index (κ3) is 2.70.